The van der Waals surface area contributed by atoms with Crippen LogP contribution in [0.2, 0.25) is 0 Å². The van der Waals surface area contributed by atoms with Gasteiger partial charge in [0.1, 0.15) is 23.4 Å². The number of likely N-dealkylation sites (N-methyl/N-ethyl adjacent to an activating group) is 1. The van der Waals surface area contributed by atoms with E-state index in [9.17, 15) is 28.4 Å². The molecule has 1 saturated heterocycles. The summed E-state index contributed by atoms with van der Waals surface area (Å²) >= 11 is 0. The molecule has 1 heterocycles. The van der Waals surface area contributed by atoms with E-state index in [1.807, 2.05) is 39.8 Å². The highest BCUT2D eigenvalue weighted by Crippen LogP contribution is 2.36. The fourth-order valence-corrected chi connectivity index (χ4v) is 5.94. The van der Waals surface area contributed by atoms with Crippen molar-refractivity contribution in [2.75, 3.05) is 25.6 Å². The van der Waals surface area contributed by atoms with Crippen LogP contribution in [-0.4, -0.2) is 67.7 Å². The summed E-state index contributed by atoms with van der Waals surface area (Å²) in [7, 11) is 2.47. The summed E-state index contributed by atoms with van der Waals surface area (Å²) in [6, 6.07) is 24.3. The van der Waals surface area contributed by atoms with E-state index in [1.54, 1.807) is 60.7 Å². The van der Waals surface area contributed by atoms with Crippen LogP contribution in [0.1, 0.15) is 49.9 Å². The van der Waals surface area contributed by atoms with Gasteiger partial charge in [-0.3, -0.25) is 14.4 Å². The maximum absolute atomic E-state index is 14.2. The number of nitrogens with one attached hydrogen (secondary N) is 1. The molecule has 280 valence electrons. The van der Waals surface area contributed by atoms with E-state index in [0.29, 0.717) is 28.1 Å². The SMILES string of the molecule is COc1ccc(N(C)C(=O)C(Cc2cc(F)cc(F)c2)NC(=O)CN(Cc2ccc(C#N)cc2)C(=O)Cc2ccc(B3OC(C)(C)C(C)(C)O3)cc2)cc1. The summed E-state index contributed by atoms with van der Waals surface area (Å²) in [5.74, 6) is -2.66. The number of methoxy groups -OCH3 is 1. The van der Waals surface area contributed by atoms with Gasteiger partial charge in [0.15, 0.2) is 0 Å². The zero-order valence-electron chi connectivity index (χ0n) is 31.2. The highest BCUT2D eigenvalue weighted by molar-refractivity contribution is 6.62. The Hall–Kier alpha value is -5.58. The number of halogens is 2. The molecule has 5 rings (SSSR count). The average Bonchev–Trinajstić information content (AvgIpc) is 3.36. The third-order valence-corrected chi connectivity index (χ3v) is 9.79. The van der Waals surface area contributed by atoms with Gasteiger partial charge in [0.05, 0.1) is 42.9 Å². The molecule has 3 amide bonds. The van der Waals surface area contributed by atoms with Crippen LogP contribution in [0.4, 0.5) is 14.5 Å². The number of carbonyl (C=O) groups is 3. The van der Waals surface area contributed by atoms with E-state index in [1.165, 1.54) is 24.0 Å². The van der Waals surface area contributed by atoms with Crippen molar-refractivity contribution in [3.8, 4) is 11.8 Å². The van der Waals surface area contributed by atoms with Crippen LogP contribution in [0.3, 0.4) is 0 Å². The predicted octanol–water partition coefficient (Wildman–Crippen LogP) is 5.11. The highest BCUT2D eigenvalue weighted by Gasteiger charge is 2.51. The molecule has 0 saturated carbocycles. The third-order valence-electron chi connectivity index (χ3n) is 9.79. The Morgan fingerprint density at radius 2 is 1.43 bits per heavy atom. The van der Waals surface area contributed by atoms with Gasteiger partial charge in [0.2, 0.25) is 17.7 Å². The minimum atomic E-state index is -1.25. The molecule has 4 aromatic rings. The summed E-state index contributed by atoms with van der Waals surface area (Å²) < 4.78 is 45.9. The molecule has 0 bridgehead atoms. The Kier molecular flexibility index (Phi) is 12.2. The molecule has 1 aliphatic heterocycles. The minimum Gasteiger partial charge on any atom is -0.497 e. The van der Waals surface area contributed by atoms with Gasteiger partial charge in [-0.15, -0.1) is 0 Å². The van der Waals surface area contributed by atoms with Crippen LogP contribution in [0, 0.1) is 23.0 Å². The zero-order valence-corrected chi connectivity index (χ0v) is 31.2. The number of ether oxygens (including phenoxy) is 1. The second-order valence-corrected chi connectivity index (χ2v) is 14.3. The molecule has 4 aromatic carbocycles. The quantitative estimate of drug-likeness (QED) is 0.190. The molecule has 0 radical (unpaired) electrons. The van der Waals surface area contributed by atoms with Crippen molar-refractivity contribution in [3.63, 3.8) is 0 Å². The molecule has 0 spiro atoms. The predicted molar refractivity (Wildman–Crippen MR) is 201 cm³/mol. The smallest absolute Gasteiger partial charge is 0.494 e. The molecule has 54 heavy (non-hydrogen) atoms. The van der Waals surface area contributed by atoms with Crippen LogP contribution in [0.5, 0.6) is 5.75 Å². The van der Waals surface area contributed by atoms with E-state index in [0.717, 1.165) is 23.7 Å². The lowest BCUT2D eigenvalue weighted by molar-refractivity contribution is -0.136. The first-order valence-electron chi connectivity index (χ1n) is 17.4. The first-order chi connectivity index (χ1) is 25.6. The first kappa shape index (κ1) is 39.6. The number of nitriles is 1. The van der Waals surface area contributed by atoms with Crippen LogP contribution >= 0.6 is 0 Å². The van der Waals surface area contributed by atoms with Gasteiger partial charge in [-0.05, 0) is 98.4 Å². The van der Waals surface area contributed by atoms with E-state index in [2.05, 4.69) is 11.4 Å². The minimum absolute atomic E-state index is 0.0312. The average molecular weight is 737 g/mol. The number of anilines is 1. The second kappa shape index (κ2) is 16.6. The topological polar surface area (TPSA) is 121 Å². The van der Waals surface area contributed by atoms with Gasteiger partial charge in [-0.25, -0.2) is 8.78 Å². The van der Waals surface area contributed by atoms with Crippen LogP contribution in [0.25, 0.3) is 0 Å². The van der Waals surface area contributed by atoms with Crippen molar-refractivity contribution in [2.45, 2.75) is 64.3 Å². The van der Waals surface area contributed by atoms with Crippen LogP contribution in [0.15, 0.2) is 91.0 Å². The normalized spacial score (nSPS) is 14.8. The maximum Gasteiger partial charge on any atom is 0.494 e. The Labute approximate surface area is 314 Å². The Morgan fingerprint density at radius 3 is 1.98 bits per heavy atom. The summed E-state index contributed by atoms with van der Waals surface area (Å²) in [4.78, 5) is 44.2. The number of rotatable bonds is 13. The molecule has 0 aromatic heterocycles. The van der Waals surface area contributed by atoms with Crippen molar-refractivity contribution in [1.82, 2.24) is 10.2 Å². The van der Waals surface area contributed by atoms with E-state index >= 15 is 0 Å². The summed E-state index contributed by atoms with van der Waals surface area (Å²) in [6.45, 7) is 7.48. The maximum atomic E-state index is 14.2. The van der Waals surface area contributed by atoms with E-state index < -0.39 is 54.4 Å². The van der Waals surface area contributed by atoms with Gasteiger partial charge >= 0.3 is 7.12 Å². The van der Waals surface area contributed by atoms with E-state index in [4.69, 9.17) is 14.0 Å². The van der Waals surface area contributed by atoms with Crippen LogP contribution in [-0.2, 0) is 43.1 Å². The fraction of sp³-hybridized carbons (Fsp3) is 0.317. The number of hydrogen-bond acceptors (Lipinski definition) is 7. The number of nitrogens with zero attached hydrogens (tertiary/aromatic N) is 3. The standard InChI is InChI=1S/C41H43BF2N4O6/c1-40(2)41(3,4)54-42(53-40)31-13-11-27(12-14-31)22-38(50)48(25-29-9-7-28(24-45)8-10-29)26-37(49)46-36(21-30-19-32(43)23-33(44)20-30)39(51)47(5)34-15-17-35(52-6)18-16-34/h7-20,23,36H,21-22,25-26H2,1-6H3,(H,46,49). The molecule has 1 aliphatic rings. The molecule has 1 N–H and O–H groups in total. The zero-order chi connectivity index (χ0) is 39.2. The summed E-state index contributed by atoms with van der Waals surface area (Å²) in [5, 5.41) is 12.0. The Balaban J connectivity index is 1.36. The molecule has 1 atom stereocenters. The number of hydrogen-bond donors (Lipinski definition) is 1. The Bertz CT molecular complexity index is 1980. The monoisotopic (exact) mass is 736 g/mol. The molecule has 10 nitrogen and oxygen atoms in total. The van der Waals surface area contributed by atoms with Crippen molar-refractivity contribution < 1.29 is 37.2 Å². The second-order valence-electron chi connectivity index (χ2n) is 14.3. The third kappa shape index (κ3) is 9.69. The van der Waals surface area contributed by atoms with Gasteiger partial charge in [0.25, 0.3) is 0 Å². The molecule has 0 aliphatic carbocycles. The largest absolute Gasteiger partial charge is 0.497 e. The molecular formula is C41H43BF2N4O6. The van der Waals surface area contributed by atoms with Crippen LogP contribution < -0.4 is 20.4 Å². The van der Waals surface area contributed by atoms with E-state index in [-0.39, 0.29) is 30.9 Å². The molecule has 13 heteroatoms. The summed E-state index contributed by atoms with van der Waals surface area (Å²) in [5.41, 5.74) is 2.22. The number of amides is 3. The van der Waals surface area contributed by atoms with Gasteiger partial charge in [-0.2, -0.15) is 5.26 Å². The van der Waals surface area contributed by atoms with Gasteiger partial charge in [-0.1, -0.05) is 36.4 Å². The number of benzene rings is 4. The van der Waals surface area contributed by atoms with Crippen molar-refractivity contribution >= 4 is 36.0 Å². The Morgan fingerprint density at radius 1 is 0.852 bits per heavy atom. The lowest BCUT2D eigenvalue weighted by Crippen LogP contribution is -2.51. The van der Waals surface area contributed by atoms with Crippen molar-refractivity contribution in [3.05, 3.63) is 125 Å². The molecule has 1 fully saturated rings. The van der Waals surface area contributed by atoms with Crippen molar-refractivity contribution in [1.29, 1.82) is 5.26 Å². The van der Waals surface area contributed by atoms with Crippen molar-refractivity contribution in [2.24, 2.45) is 0 Å². The lowest BCUT2D eigenvalue weighted by Gasteiger charge is -2.32. The summed E-state index contributed by atoms with van der Waals surface area (Å²) in [6.07, 6.45) is -0.267. The molecule has 1 unspecified atom stereocenters. The van der Waals surface area contributed by atoms with Gasteiger partial charge in [0, 0.05) is 31.8 Å². The fourth-order valence-electron chi connectivity index (χ4n) is 5.94. The van der Waals surface area contributed by atoms with Gasteiger partial charge < -0.3 is 29.2 Å². The molecular weight excluding hydrogens is 693 g/mol. The first-order valence-corrected chi connectivity index (χ1v) is 17.4. The number of carbonyl (C=O) groups excluding carboxylic acids is 3. The highest BCUT2D eigenvalue weighted by atomic mass is 19.1. The lowest BCUT2D eigenvalue weighted by atomic mass is 9.79.